The first kappa shape index (κ1) is 7.85. The van der Waals surface area contributed by atoms with Crippen molar-refractivity contribution in [3.05, 3.63) is 26.8 Å². The summed E-state index contributed by atoms with van der Waals surface area (Å²) < 4.78 is 1.17. The van der Waals surface area contributed by atoms with E-state index < -0.39 is 0 Å². The zero-order valence-electron chi connectivity index (χ0n) is 5.98. The molecule has 0 radical (unpaired) electrons. The molecule has 0 aliphatic heterocycles. The van der Waals surface area contributed by atoms with Gasteiger partial charge in [-0.2, -0.15) is 0 Å². The van der Waals surface area contributed by atoms with Crippen LogP contribution < -0.4 is 0 Å². The average molecular weight is 248 g/mol. The second-order valence-electron chi connectivity index (χ2n) is 2.39. The molecule has 1 aromatic carbocycles. The highest BCUT2D eigenvalue weighted by Gasteiger charge is 1.99. The topological polar surface area (TPSA) is 20.2 Å². The Bertz CT molecular complexity index is 232. The van der Waals surface area contributed by atoms with Crippen LogP contribution >= 0.6 is 22.6 Å². The first-order valence-electron chi connectivity index (χ1n) is 3.07. The number of aromatic hydroxyl groups is 1. The van der Waals surface area contributed by atoms with E-state index in [2.05, 4.69) is 22.6 Å². The first-order valence-corrected chi connectivity index (χ1v) is 4.15. The maximum atomic E-state index is 9.33. The molecule has 0 fully saturated rings. The lowest BCUT2D eigenvalue weighted by Gasteiger charge is -2.02. The molecule has 0 atom stereocenters. The van der Waals surface area contributed by atoms with Gasteiger partial charge in [0, 0.05) is 3.57 Å². The van der Waals surface area contributed by atoms with Crippen LogP contribution in [0.3, 0.4) is 0 Å². The summed E-state index contributed by atoms with van der Waals surface area (Å²) in [6.45, 7) is 3.81. The van der Waals surface area contributed by atoms with E-state index in [4.69, 9.17) is 0 Å². The van der Waals surface area contributed by atoms with Gasteiger partial charge in [-0.1, -0.05) is 0 Å². The van der Waals surface area contributed by atoms with Gasteiger partial charge in [0.2, 0.25) is 0 Å². The lowest BCUT2D eigenvalue weighted by molar-refractivity contribution is 0.466. The van der Waals surface area contributed by atoms with E-state index in [1.165, 1.54) is 3.57 Å². The van der Waals surface area contributed by atoms with Crippen LogP contribution in [0.2, 0.25) is 0 Å². The van der Waals surface area contributed by atoms with Crippen molar-refractivity contribution in [2.45, 2.75) is 13.8 Å². The van der Waals surface area contributed by atoms with Gasteiger partial charge in [-0.15, -0.1) is 0 Å². The number of phenolic OH excluding ortho intramolecular Hbond substituents is 1. The van der Waals surface area contributed by atoms with Gasteiger partial charge in [-0.3, -0.25) is 0 Å². The Morgan fingerprint density at radius 1 is 1.20 bits per heavy atom. The highest BCUT2D eigenvalue weighted by molar-refractivity contribution is 14.1. The summed E-state index contributed by atoms with van der Waals surface area (Å²) in [5.41, 5.74) is 1.90. The predicted molar refractivity (Wildman–Crippen MR) is 50.3 cm³/mol. The van der Waals surface area contributed by atoms with E-state index in [1.807, 2.05) is 26.0 Å². The van der Waals surface area contributed by atoms with Gasteiger partial charge in [0.25, 0.3) is 0 Å². The van der Waals surface area contributed by atoms with Crippen molar-refractivity contribution in [3.8, 4) is 5.75 Å². The third-order valence-corrected chi connectivity index (χ3v) is 2.08. The Morgan fingerprint density at radius 2 is 1.60 bits per heavy atom. The van der Waals surface area contributed by atoms with Gasteiger partial charge in [0.15, 0.2) is 0 Å². The van der Waals surface area contributed by atoms with Crippen LogP contribution in [0.4, 0.5) is 0 Å². The molecule has 1 N–H and O–H groups in total. The number of halogens is 1. The van der Waals surface area contributed by atoms with E-state index >= 15 is 0 Å². The maximum absolute atomic E-state index is 9.33. The normalized spacial score (nSPS) is 9.90. The number of hydrogen-bond donors (Lipinski definition) is 1. The number of aryl methyl sites for hydroxylation is 2. The Kier molecular flexibility index (Phi) is 2.18. The largest absolute Gasteiger partial charge is 0.507 e. The Labute approximate surface area is 74.2 Å². The molecule has 10 heavy (non-hydrogen) atoms. The molecule has 1 aromatic rings. The van der Waals surface area contributed by atoms with Gasteiger partial charge in [0.05, 0.1) is 0 Å². The standard InChI is InChI=1S/C8H9IO/c1-5-3-7(9)4-6(2)8(5)10/h3-4,10H,1-2H3. The molecule has 0 unspecified atom stereocenters. The van der Waals surface area contributed by atoms with E-state index in [0.29, 0.717) is 5.75 Å². The summed E-state index contributed by atoms with van der Waals surface area (Å²) in [5, 5.41) is 9.33. The third-order valence-electron chi connectivity index (χ3n) is 1.46. The van der Waals surface area contributed by atoms with Crippen molar-refractivity contribution in [1.82, 2.24) is 0 Å². The van der Waals surface area contributed by atoms with E-state index in [1.54, 1.807) is 0 Å². The summed E-state index contributed by atoms with van der Waals surface area (Å²) in [6, 6.07) is 3.92. The van der Waals surface area contributed by atoms with Crippen molar-refractivity contribution in [2.24, 2.45) is 0 Å². The minimum atomic E-state index is 0.417. The van der Waals surface area contributed by atoms with Crippen LogP contribution in [-0.4, -0.2) is 5.11 Å². The molecule has 0 heterocycles. The van der Waals surface area contributed by atoms with Gasteiger partial charge < -0.3 is 5.11 Å². The fraction of sp³-hybridized carbons (Fsp3) is 0.250. The summed E-state index contributed by atoms with van der Waals surface area (Å²) in [7, 11) is 0. The summed E-state index contributed by atoms with van der Waals surface area (Å²) >= 11 is 2.24. The van der Waals surface area contributed by atoms with Crippen molar-refractivity contribution >= 4 is 22.6 Å². The monoisotopic (exact) mass is 248 g/mol. The minimum Gasteiger partial charge on any atom is -0.507 e. The lowest BCUT2D eigenvalue weighted by atomic mass is 10.1. The number of phenols is 1. The van der Waals surface area contributed by atoms with Crippen LogP contribution in [0, 0.1) is 17.4 Å². The molecule has 1 rings (SSSR count). The highest BCUT2D eigenvalue weighted by atomic mass is 127. The van der Waals surface area contributed by atoms with Crippen LogP contribution in [0.5, 0.6) is 5.75 Å². The Balaban J connectivity index is 3.31. The van der Waals surface area contributed by atoms with Crippen molar-refractivity contribution in [3.63, 3.8) is 0 Å². The molecule has 2 heteroatoms. The quantitative estimate of drug-likeness (QED) is 0.699. The molecule has 0 aromatic heterocycles. The predicted octanol–water partition coefficient (Wildman–Crippen LogP) is 2.61. The molecular weight excluding hydrogens is 239 g/mol. The van der Waals surface area contributed by atoms with Crippen molar-refractivity contribution in [1.29, 1.82) is 0 Å². The second-order valence-corrected chi connectivity index (χ2v) is 3.63. The number of benzene rings is 1. The fourth-order valence-electron chi connectivity index (χ4n) is 0.903. The molecule has 0 spiro atoms. The summed E-state index contributed by atoms with van der Waals surface area (Å²) in [4.78, 5) is 0. The molecule has 0 aliphatic carbocycles. The van der Waals surface area contributed by atoms with Gasteiger partial charge in [0.1, 0.15) is 5.75 Å². The highest BCUT2D eigenvalue weighted by Crippen LogP contribution is 2.23. The van der Waals surface area contributed by atoms with E-state index in [9.17, 15) is 5.11 Å². The van der Waals surface area contributed by atoms with Crippen LogP contribution in [0.15, 0.2) is 12.1 Å². The van der Waals surface area contributed by atoms with Gasteiger partial charge in [-0.05, 0) is 59.7 Å². The summed E-state index contributed by atoms with van der Waals surface area (Å²) in [5.74, 6) is 0.417. The number of hydrogen-bond acceptors (Lipinski definition) is 1. The third kappa shape index (κ3) is 1.42. The Morgan fingerprint density at radius 3 is 2.00 bits per heavy atom. The van der Waals surface area contributed by atoms with E-state index in [-0.39, 0.29) is 0 Å². The van der Waals surface area contributed by atoms with E-state index in [0.717, 1.165) is 11.1 Å². The first-order chi connectivity index (χ1) is 4.61. The molecule has 0 bridgehead atoms. The zero-order valence-corrected chi connectivity index (χ0v) is 8.14. The molecule has 0 saturated heterocycles. The van der Waals surface area contributed by atoms with Crippen LogP contribution in [0.1, 0.15) is 11.1 Å². The molecule has 0 amide bonds. The van der Waals surface area contributed by atoms with Gasteiger partial charge >= 0.3 is 0 Å². The molecule has 0 saturated carbocycles. The smallest absolute Gasteiger partial charge is 0.121 e. The zero-order chi connectivity index (χ0) is 7.72. The average Bonchev–Trinajstić information content (AvgIpc) is 1.82. The fourth-order valence-corrected chi connectivity index (χ4v) is 1.84. The molecular formula is C8H9IO. The second kappa shape index (κ2) is 2.78. The van der Waals surface area contributed by atoms with Crippen LogP contribution in [0.25, 0.3) is 0 Å². The Hall–Kier alpha value is -0.250. The van der Waals surface area contributed by atoms with Crippen molar-refractivity contribution < 1.29 is 5.11 Å². The molecule has 54 valence electrons. The molecule has 0 aliphatic rings. The summed E-state index contributed by atoms with van der Waals surface area (Å²) in [6.07, 6.45) is 0. The maximum Gasteiger partial charge on any atom is 0.121 e. The minimum absolute atomic E-state index is 0.417. The molecule has 1 nitrogen and oxygen atoms in total. The van der Waals surface area contributed by atoms with Gasteiger partial charge in [-0.25, -0.2) is 0 Å². The lowest BCUT2D eigenvalue weighted by Crippen LogP contribution is -1.81. The SMILES string of the molecule is Cc1cc(I)cc(C)c1O. The van der Waals surface area contributed by atoms with Crippen molar-refractivity contribution in [2.75, 3.05) is 0 Å². The number of rotatable bonds is 0. The van der Waals surface area contributed by atoms with Crippen LogP contribution in [-0.2, 0) is 0 Å².